The topological polar surface area (TPSA) is 42.1 Å². The molecule has 0 atom stereocenters. The molecule has 0 aliphatic heterocycles. The second-order valence-electron chi connectivity index (χ2n) is 3.72. The standard InChI is InChI=1S/C11H19N3/c1-5-14(8(2)3)11-7-6-10(12)9(4)13-11/h6-8H,5,12H2,1-4H3. The Labute approximate surface area is 85.9 Å². The Morgan fingerprint density at radius 2 is 2.07 bits per heavy atom. The van der Waals surface area contributed by atoms with Crippen molar-refractivity contribution in [2.75, 3.05) is 17.2 Å². The van der Waals surface area contributed by atoms with Crippen LogP contribution in [-0.2, 0) is 0 Å². The minimum absolute atomic E-state index is 0.468. The molecule has 14 heavy (non-hydrogen) atoms. The molecule has 0 radical (unpaired) electrons. The Bertz CT molecular complexity index is 307. The number of hydrogen-bond acceptors (Lipinski definition) is 3. The van der Waals surface area contributed by atoms with E-state index in [0.717, 1.165) is 23.7 Å². The van der Waals surface area contributed by atoms with Crippen LogP contribution < -0.4 is 10.6 Å². The van der Waals surface area contributed by atoms with Gasteiger partial charge in [0.05, 0.1) is 11.4 Å². The highest BCUT2D eigenvalue weighted by atomic mass is 15.2. The molecule has 0 aliphatic rings. The summed E-state index contributed by atoms with van der Waals surface area (Å²) in [7, 11) is 0. The van der Waals surface area contributed by atoms with Crippen LogP contribution in [0.3, 0.4) is 0 Å². The van der Waals surface area contributed by atoms with Crippen molar-refractivity contribution < 1.29 is 0 Å². The zero-order chi connectivity index (χ0) is 10.7. The second kappa shape index (κ2) is 4.31. The zero-order valence-electron chi connectivity index (χ0n) is 9.41. The van der Waals surface area contributed by atoms with Crippen molar-refractivity contribution in [2.45, 2.75) is 33.7 Å². The van der Waals surface area contributed by atoms with E-state index in [9.17, 15) is 0 Å². The van der Waals surface area contributed by atoms with Gasteiger partial charge in [0.25, 0.3) is 0 Å². The van der Waals surface area contributed by atoms with Gasteiger partial charge in [0, 0.05) is 12.6 Å². The molecule has 1 aromatic heterocycles. The van der Waals surface area contributed by atoms with Crippen molar-refractivity contribution in [2.24, 2.45) is 0 Å². The number of rotatable bonds is 3. The van der Waals surface area contributed by atoms with E-state index in [1.165, 1.54) is 0 Å². The van der Waals surface area contributed by atoms with Crippen molar-refractivity contribution in [3.05, 3.63) is 17.8 Å². The van der Waals surface area contributed by atoms with E-state index in [1.54, 1.807) is 0 Å². The Hall–Kier alpha value is -1.25. The predicted octanol–water partition coefficient (Wildman–Crippen LogP) is 2.21. The van der Waals surface area contributed by atoms with Crippen LogP contribution in [0.2, 0.25) is 0 Å². The highest BCUT2D eigenvalue weighted by Crippen LogP contribution is 2.17. The fourth-order valence-corrected chi connectivity index (χ4v) is 1.51. The van der Waals surface area contributed by atoms with Crippen LogP contribution in [0, 0.1) is 6.92 Å². The number of pyridine rings is 1. The molecule has 0 amide bonds. The van der Waals surface area contributed by atoms with E-state index in [2.05, 4.69) is 30.7 Å². The van der Waals surface area contributed by atoms with Crippen LogP contribution in [0.4, 0.5) is 11.5 Å². The fourth-order valence-electron chi connectivity index (χ4n) is 1.51. The fraction of sp³-hybridized carbons (Fsp3) is 0.545. The molecule has 0 aliphatic carbocycles. The van der Waals surface area contributed by atoms with Gasteiger partial charge in [0.1, 0.15) is 5.82 Å². The van der Waals surface area contributed by atoms with Gasteiger partial charge >= 0.3 is 0 Å². The lowest BCUT2D eigenvalue weighted by Gasteiger charge is -2.26. The monoisotopic (exact) mass is 193 g/mol. The van der Waals surface area contributed by atoms with Gasteiger partial charge in [-0.15, -0.1) is 0 Å². The van der Waals surface area contributed by atoms with Gasteiger partial charge in [-0.25, -0.2) is 4.98 Å². The smallest absolute Gasteiger partial charge is 0.129 e. The Kier molecular flexibility index (Phi) is 3.33. The maximum atomic E-state index is 5.73. The van der Waals surface area contributed by atoms with Gasteiger partial charge in [-0.1, -0.05) is 0 Å². The minimum Gasteiger partial charge on any atom is -0.397 e. The number of nitrogens with two attached hydrogens (primary N) is 1. The third kappa shape index (κ3) is 2.16. The maximum Gasteiger partial charge on any atom is 0.129 e. The number of nitrogen functional groups attached to an aromatic ring is 1. The van der Waals surface area contributed by atoms with Gasteiger partial charge in [-0.05, 0) is 39.8 Å². The third-order valence-electron chi connectivity index (χ3n) is 2.37. The highest BCUT2D eigenvalue weighted by Gasteiger charge is 2.09. The Balaban J connectivity index is 3.00. The zero-order valence-corrected chi connectivity index (χ0v) is 9.41. The molecule has 0 spiro atoms. The summed E-state index contributed by atoms with van der Waals surface area (Å²) in [6.45, 7) is 9.36. The molecule has 0 bridgehead atoms. The van der Waals surface area contributed by atoms with E-state index in [-0.39, 0.29) is 0 Å². The summed E-state index contributed by atoms with van der Waals surface area (Å²) in [5, 5.41) is 0. The lowest BCUT2D eigenvalue weighted by Crippen LogP contribution is -2.31. The average molecular weight is 193 g/mol. The molecule has 0 unspecified atom stereocenters. The largest absolute Gasteiger partial charge is 0.397 e. The first-order chi connectivity index (χ1) is 6.56. The lowest BCUT2D eigenvalue weighted by atomic mass is 10.2. The van der Waals surface area contributed by atoms with E-state index < -0.39 is 0 Å². The molecule has 0 saturated carbocycles. The number of hydrogen-bond donors (Lipinski definition) is 1. The average Bonchev–Trinajstić information content (AvgIpc) is 2.11. The van der Waals surface area contributed by atoms with Gasteiger partial charge in [-0.2, -0.15) is 0 Å². The van der Waals surface area contributed by atoms with Gasteiger partial charge in [-0.3, -0.25) is 0 Å². The molecule has 0 aromatic carbocycles. The van der Waals surface area contributed by atoms with Crippen LogP contribution in [-0.4, -0.2) is 17.6 Å². The van der Waals surface area contributed by atoms with Crippen LogP contribution in [0.1, 0.15) is 26.5 Å². The third-order valence-corrected chi connectivity index (χ3v) is 2.37. The van der Waals surface area contributed by atoms with E-state index in [0.29, 0.717) is 6.04 Å². The number of aromatic nitrogens is 1. The summed E-state index contributed by atoms with van der Waals surface area (Å²) in [5.74, 6) is 1.01. The van der Waals surface area contributed by atoms with E-state index in [4.69, 9.17) is 5.73 Å². The Morgan fingerprint density at radius 1 is 1.43 bits per heavy atom. The van der Waals surface area contributed by atoms with Crippen molar-refractivity contribution in [1.29, 1.82) is 0 Å². The summed E-state index contributed by atoms with van der Waals surface area (Å²) in [4.78, 5) is 6.71. The quantitative estimate of drug-likeness (QED) is 0.800. The number of anilines is 2. The first-order valence-corrected chi connectivity index (χ1v) is 5.06. The van der Waals surface area contributed by atoms with Crippen molar-refractivity contribution >= 4 is 11.5 Å². The molecular weight excluding hydrogens is 174 g/mol. The summed E-state index contributed by atoms with van der Waals surface area (Å²) >= 11 is 0. The Morgan fingerprint density at radius 3 is 2.50 bits per heavy atom. The molecule has 3 nitrogen and oxygen atoms in total. The summed E-state index contributed by atoms with van der Waals surface area (Å²) in [5.41, 5.74) is 7.39. The molecule has 1 rings (SSSR count). The first-order valence-electron chi connectivity index (χ1n) is 5.06. The number of nitrogens with zero attached hydrogens (tertiary/aromatic N) is 2. The number of aryl methyl sites for hydroxylation is 1. The first kappa shape index (κ1) is 10.8. The molecule has 0 fully saturated rings. The normalized spacial score (nSPS) is 10.6. The lowest BCUT2D eigenvalue weighted by molar-refractivity contribution is 0.692. The molecular formula is C11H19N3. The minimum atomic E-state index is 0.468. The van der Waals surface area contributed by atoms with Crippen molar-refractivity contribution in [3.8, 4) is 0 Å². The van der Waals surface area contributed by atoms with E-state index >= 15 is 0 Å². The molecule has 3 heteroatoms. The van der Waals surface area contributed by atoms with Gasteiger partial charge in [0.15, 0.2) is 0 Å². The van der Waals surface area contributed by atoms with Gasteiger partial charge in [0.2, 0.25) is 0 Å². The van der Waals surface area contributed by atoms with Crippen molar-refractivity contribution in [1.82, 2.24) is 4.98 Å². The van der Waals surface area contributed by atoms with Crippen LogP contribution >= 0.6 is 0 Å². The van der Waals surface area contributed by atoms with Gasteiger partial charge < -0.3 is 10.6 Å². The van der Waals surface area contributed by atoms with Crippen LogP contribution in [0.15, 0.2) is 12.1 Å². The van der Waals surface area contributed by atoms with Crippen LogP contribution in [0.5, 0.6) is 0 Å². The highest BCUT2D eigenvalue weighted by molar-refractivity contribution is 5.50. The van der Waals surface area contributed by atoms with Crippen LogP contribution in [0.25, 0.3) is 0 Å². The molecule has 1 heterocycles. The molecule has 1 aromatic rings. The molecule has 0 saturated heterocycles. The SMILES string of the molecule is CCN(c1ccc(N)c(C)n1)C(C)C. The van der Waals surface area contributed by atoms with E-state index in [1.807, 2.05) is 19.1 Å². The predicted molar refractivity (Wildman–Crippen MR) is 61.5 cm³/mol. The van der Waals surface area contributed by atoms with Crippen molar-refractivity contribution in [3.63, 3.8) is 0 Å². The molecule has 78 valence electrons. The second-order valence-corrected chi connectivity index (χ2v) is 3.72. The maximum absolute atomic E-state index is 5.73. The molecule has 2 N–H and O–H groups in total. The summed E-state index contributed by atoms with van der Waals surface area (Å²) in [6.07, 6.45) is 0. The summed E-state index contributed by atoms with van der Waals surface area (Å²) in [6, 6.07) is 4.37. The summed E-state index contributed by atoms with van der Waals surface area (Å²) < 4.78 is 0.